The molecule has 0 fully saturated rings. The van der Waals surface area contributed by atoms with E-state index in [1.807, 2.05) is 44.2 Å². The Hall–Kier alpha value is -3.02. The summed E-state index contributed by atoms with van der Waals surface area (Å²) >= 11 is 0. The number of anilines is 1. The maximum absolute atomic E-state index is 12.0. The molecule has 1 N–H and O–H groups in total. The minimum atomic E-state index is -0.438. The molecule has 0 atom stereocenters. The highest BCUT2D eigenvalue weighted by Crippen LogP contribution is 2.23. The van der Waals surface area contributed by atoms with E-state index in [1.165, 1.54) is 0 Å². The summed E-state index contributed by atoms with van der Waals surface area (Å²) in [5.74, 6) is 0.514. The van der Waals surface area contributed by atoms with Gasteiger partial charge in [0.05, 0.1) is 14.2 Å². The molecule has 6 heteroatoms. The van der Waals surface area contributed by atoms with Crippen LogP contribution in [0.4, 0.5) is 5.69 Å². The number of aryl methyl sites for hydroxylation is 3. The average Bonchev–Trinajstić information content (AvgIpc) is 2.63. The molecule has 0 heterocycles. The summed E-state index contributed by atoms with van der Waals surface area (Å²) < 4.78 is 15.5. The molecule has 0 saturated heterocycles. The van der Waals surface area contributed by atoms with Crippen molar-refractivity contribution in [1.29, 1.82) is 0 Å². The molecule has 144 valence electrons. The third-order valence-corrected chi connectivity index (χ3v) is 3.90. The summed E-state index contributed by atoms with van der Waals surface area (Å²) in [7, 11) is 3.14. The summed E-state index contributed by atoms with van der Waals surface area (Å²) in [6, 6.07) is 11.2. The molecule has 0 unspecified atom stereocenters. The standard InChI is InChI=1S/C21H25NO5/c1-14-7-15(2)9-17(8-14)22-20(23)13-27-21(24)6-5-16-10-18(25-3)12-19(11-16)26-4/h7-12H,5-6,13H2,1-4H3,(H,22,23). The van der Waals surface area contributed by atoms with Gasteiger partial charge in [0.15, 0.2) is 6.61 Å². The van der Waals surface area contributed by atoms with Gasteiger partial charge in [-0.2, -0.15) is 0 Å². The van der Waals surface area contributed by atoms with E-state index in [-0.39, 0.29) is 18.9 Å². The fourth-order valence-electron chi connectivity index (χ4n) is 2.72. The number of hydrogen-bond donors (Lipinski definition) is 1. The Morgan fingerprint density at radius 1 is 0.889 bits per heavy atom. The van der Waals surface area contributed by atoms with Gasteiger partial charge in [-0.25, -0.2) is 0 Å². The first kappa shape index (κ1) is 20.3. The molecule has 0 radical (unpaired) electrons. The number of ether oxygens (including phenoxy) is 3. The Balaban J connectivity index is 1.81. The van der Waals surface area contributed by atoms with Crippen LogP contribution >= 0.6 is 0 Å². The maximum atomic E-state index is 12.0. The summed E-state index contributed by atoms with van der Waals surface area (Å²) in [5.41, 5.74) is 3.69. The molecule has 27 heavy (non-hydrogen) atoms. The molecule has 2 rings (SSSR count). The van der Waals surface area contributed by atoms with E-state index in [0.29, 0.717) is 23.6 Å². The first-order chi connectivity index (χ1) is 12.9. The van der Waals surface area contributed by atoms with E-state index in [4.69, 9.17) is 14.2 Å². The Kier molecular flexibility index (Phi) is 7.23. The first-order valence-electron chi connectivity index (χ1n) is 8.65. The van der Waals surface area contributed by atoms with Gasteiger partial charge in [0.25, 0.3) is 5.91 Å². The fourth-order valence-corrected chi connectivity index (χ4v) is 2.72. The van der Waals surface area contributed by atoms with Gasteiger partial charge in [0.2, 0.25) is 0 Å². The van der Waals surface area contributed by atoms with E-state index in [0.717, 1.165) is 16.7 Å². The highest BCUT2D eigenvalue weighted by Gasteiger charge is 2.10. The number of amides is 1. The quantitative estimate of drug-likeness (QED) is 0.720. The van der Waals surface area contributed by atoms with Gasteiger partial charge < -0.3 is 19.5 Å². The SMILES string of the molecule is COc1cc(CCC(=O)OCC(=O)Nc2cc(C)cc(C)c2)cc(OC)c1. The van der Waals surface area contributed by atoms with Gasteiger partial charge in [-0.3, -0.25) is 9.59 Å². The second-order valence-corrected chi connectivity index (χ2v) is 6.31. The van der Waals surface area contributed by atoms with E-state index in [9.17, 15) is 9.59 Å². The predicted molar refractivity (Wildman–Crippen MR) is 103 cm³/mol. The van der Waals surface area contributed by atoms with Crippen LogP contribution in [0.2, 0.25) is 0 Å². The molecular weight excluding hydrogens is 346 g/mol. The topological polar surface area (TPSA) is 73.9 Å². The van der Waals surface area contributed by atoms with Crippen molar-refractivity contribution in [3.8, 4) is 11.5 Å². The van der Waals surface area contributed by atoms with Gasteiger partial charge >= 0.3 is 5.97 Å². The van der Waals surface area contributed by atoms with Crippen molar-refractivity contribution >= 4 is 17.6 Å². The Bertz CT molecular complexity index is 774. The van der Waals surface area contributed by atoms with Gasteiger partial charge in [-0.1, -0.05) is 6.07 Å². The number of carbonyl (C=O) groups excluding carboxylic acids is 2. The first-order valence-corrected chi connectivity index (χ1v) is 8.65. The van der Waals surface area contributed by atoms with E-state index in [2.05, 4.69) is 5.32 Å². The minimum absolute atomic E-state index is 0.160. The van der Waals surface area contributed by atoms with Gasteiger partial charge in [0, 0.05) is 18.2 Å². The summed E-state index contributed by atoms with van der Waals surface area (Å²) in [6.45, 7) is 3.60. The van der Waals surface area contributed by atoms with Crippen molar-refractivity contribution in [3.05, 3.63) is 53.1 Å². The third kappa shape index (κ3) is 6.66. The van der Waals surface area contributed by atoms with Crippen LogP contribution in [-0.2, 0) is 20.7 Å². The van der Waals surface area contributed by atoms with E-state index < -0.39 is 5.97 Å². The van der Waals surface area contributed by atoms with E-state index in [1.54, 1.807) is 20.3 Å². The van der Waals surface area contributed by atoms with Crippen molar-refractivity contribution in [2.24, 2.45) is 0 Å². The van der Waals surface area contributed by atoms with Gasteiger partial charge in [0.1, 0.15) is 11.5 Å². The highest BCUT2D eigenvalue weighted by molar-refractivity contribution is 5.92. The Labute approximate surface area is 159 Å². The number of rotatable bonds is 8. The lowest BCUT2D eigenvalue weighted by Gasteiger charge is -2.09. The lowest BCUT2D eigenvalue weighted by molar-refractivity contribution is -0.147. The van der Waals surface area contributed by atoms with Crippen molar-refractivity contribution < 1.29 is 23.8 Å². The summed E-state index contributed by atoms with van der Waals surface area (Å²) in [4.78, 5) is 23.9. The lowest BCUT2D eigenvalue weighted by Crippen LogP contribution is -2.21. The number of nitrogens with one attached hydrogen (secondary N) is 1. The van der Waals surface area contributed by atoms with Crippen LogP contribution in [0.25, 0.3) is 0 Å². The molecule has 6 nitrogen and oxygen atoms in total. The highest BCUT2D eigenvalue weighted by atomic mass is 16.5. The third-order valence-electron chi connectivity index (χ3n) is 3.90. The maximum Gasteiger partial charge on any atom is 0.306 e. The summed E-state index contributed by atoms with van der Waals surface area (Å²) in [6.07, 6.45) is 0.623. The molecular formula is C21H25NO5. The number of benzene rings is 2. The lowest BCUT2D eigenvalue weighted by atomic mass is 10.1. The van der Waals surface area contributed by atoms with Gasteiger partial charge in [-0.15, -0.1) is 0 Å². The molecule has 1 amide bonds. The van der Waals surface area contributed by atoms with Crippen molar-refractivity contribution in [2.45, 2.75) is 26.7 Å². The van der Waals surface area contributed by atoms with Crippen molar-refractivity contribution in [2.75, 3.05) is 26.1 Å². The van der Waals surface area contributed by atoms with Crippen LogP contribution in [0.5, 0.6) is 11.5 Å². The number of hydrogen-bond acceptors (Lipinski definition) is 5. The second-order valence-electron chi connectivity index (χ2n) is 6.31. The zero-order valence-electron chi connectivity index (χ0n) is 16.1. The normalized spacial score (nSPS) is 10.2. The fraction of sp³-hybridized carbons (Fsp3) is 0.333. The zero-order chi connectivity index (χ0) is 19.8. The minimum Gasteiger partial charge on any atom is -0.497 e. The molecule has 0 spiro atoms. The molecule has 0 aliphatic heterocycles. The molecule has 0 aliphatic rings. The average molecular weight is 371 g/mol. The molecule has 2 aromatic rings. The molecule has 0 aromatic heterocycles. The number of methoxy groups -OCH3 is 2. The second kappa shape index (κ2) is 9.62. The van der Waals surface area contributed by atoms with Crippen LogP contribution in [-0.4, -0.2) is 32.7 Å². The van der Waals surface area contributed by atoms with Crippen LogP contribution in [0.1, 0.15) is 23.1 Å². The van der Waals surface area contributed by atoms with Crippen molar-refractivity contribution in [3.63, 3.8) is 0 Å². The Morgan fingerprint density at radius 3 is 2.04 bits per heavy atom. The van der Waals surface area contributed by atoms with Crippen LogP contribution in [0.15, 0.2) is 36.4 Å². The monoisotopic (exact) mass is 371 g/mol. The van der Waals surface area contributed by atoms with Gasteiger partial charge in [-0.05, 0) is 61.2 Å². The van der Waals surface area contributed by atoms with Crippen LogP contribution in [0, 0.1) is 13.8 Å². The summed E-state index contributed by atoms with van der Waals surface area (Å²) in [5, 5.41) is 2.73. The largest absolute Gasteiger partial charge is 0.497 e. The van der Waals surface area contributed by atoms with Crippen LogP contribution in [0.3, 0.4) is 0 Å². The van der Waals surface area contributed by atoms with Crippen LogP contribution < -0.4 is 14.8 Å². The smallest absolute Gasteiger partial charge is 0.306 e. The Morgan fingerprint density at radius 2 is 1.48 bits per heavy atom. The predicted octanol–water partition coefficient (Wildman–Crippen LogP) is 3.44. The number of esters is 1. The van der Waals surface area contributed by atoms with Crippen molar-refractivity contribution in [1.82, 2.24) is 0 Å². The number of carbonyl (C=O) groups is 2. The molecule has 2 aromatic carbocycles. The molecule has 0 bridgehead atoms. The molecule has 0 saturated carbocycles. The molecule has 0 aliphatic carbocycles. The zero-order valence-corrected chi connectivity index (χ0v) is 16.1. The van der Waals surface area contributed by atoms with E-state index >= 15 is 0 Å².